The lowest BCUT2D eigenvalue weighted by atomic mass is 9.82. The summed E-state index contributed by atoms with van der Waals surface area (Å²) in [5, 5.41) is 16.5. The summed E-state index contributed by atoms with van der Waals surface area (Å²) in [6.07, 6.45) is 5.29. The Morgan fingerprint density at radius 3 is 2.97 bits per heavy atom. The molecule has 182 valence electrons. The lowest BCUT2D eigenvalue weighted by Gasteiger charge is -2.42. The first kappa shape index (κ1) is 22.1. The van der Waals surface area contributed by atoms with Gasteiger partial charge in [-0.2, -0.15) is 5.10 Å². The lowest BCUT2D eigenvalue weighted by molar-refractivity contribution is 0.152. The minimum atomic E-state index is -0.0637. The van der Waals surface area contributed by atoms with Gasteiger partial charge < -0.3 is 24.1 Å². The molecule has 10 heteroatoms. The molecule has 0 radical (unpaired) electrons. The number of nitrogens with zero attached hydrogens (tertiary/aromatic N) is 3. The van der Waals surface area contributed by atoms with Gasteiger partial charge in [0.1, 0.15) is 6.61 Å². The smallest absolute Gasteiger partial charge is 0.231 e. The molecule has 1 unspecified atom stereocenters. The van der Waals surface area contributed by atoms with E-state index in [4.69, 9.17) is 18.9 Å². The highest BCUT2D eigenvalue weighted by Gasteiger charge is 2.36. The van der Waals surface area contributed by atoms with Crippen LogP contribution in [0.4, 0.5) is 5.13 Å². The molecule has 0 aliphatic carbocycles. The number of fused-ring (bicyclic) bond motifs is 5. The van der Waals surface area contributed by atoms with Crippen LogP contribution in [-0.4, -0.2) is 54.9 Å². The van der Waals surface area contributed by atoms with Gasteiger partial charge in [0, 0.05) is 41.8 Å². The third-order valence-corrected chi connectivity index (χ3v) is 7.39. The van der Waals surface area contributed by atoms with E-state index in [1.807, 2.05) is 17.7 Å². The van der Waals surface area contributed by atoms with Crippen molar-refractivity contribution in [2.45, 2.75) is 25.4 Å². The highest BCUT2D eigenvalue weighted by atomic mass is 32.1. The molecule has 0 saturated carbocycles. The van der Waals surface area contributed by atoms with E-state index in [2.05, 4.69) is 32.5 Å². The average Bonchev–Trinajstić information content (AvgIpc) is 3.57. The summed E-state index contributed by atoms with van der Waals surface area (Å²) >= 11 is 1.49. The number of benzene rings is 2. The summed E-state index contributed by atoms with van der Waals surface area (Å²) in [5.41, 5.74) is 8.79. The van der Waals surface area contributed by atoms with Crippen molar-refractivity contribution in [3.8, 4) is 23.0 Å². The van der Waals surface area contributed by atoms with E-state index in [9.17, 15) is 5.11 Å². The predicted octanol–water partition coefficient (Wildman–Crippen LogP) is 3.35. The fourth-order valence-corrected chi connectivity index (χ4v) is 5.62. The second kappa shape index (κ2) is 9.37. The van der Waals surface area contributed by atoms with Gasteiger partial charge in [0.15, 0.2) is 23.0 Å². The monoisotopic (exact) mass is 494 g/mol. The Kier molecular flexibility index (Phi) is 5.93. The Morgan fingerprint density at radius 1 is 1.29 bits per heavy atom. The second-order valence-corrected chi connectivity index (χ2v) is 9.47. The van der Waals surface area contributed by atoms with Crippen LogP contribution in [-0.2, 0) is 19.4 Å². The van der Waals surface area contributed by atoms with E-state index in [0.29, 0.717) is 18.0 Å². The van der Waals surface area contributed by atoms with Crippen molar-refractivity contribution in [2.24, 2.45) is 5.10 Å². The lowest BCUT2D eigenvalue weighted by Crippen LogP contribution is -2.40. The van der Waals surface area contributed by atoms with Gasteiger partial charge in [-0.1, -0.05) is 0 Å². The molecule has 1 atom stereocenters. The van der Waals surface area contributed by atoms with Crippen LogP contribution in [0, 0.1) is 0 Å². The quantitative estimate of drug-likeness (QED) is 0.381. The highest BCUT2D eigenvalue weighted by Crippen LogP contribution is 2.47. The van der Waals surface area contributed by atoms with Gasteiger partial charge in [0.05, 0.1) is 19.9 Å². The summed E-state index contributed by atoms with van der Waals surface area (Å²) < 4.78 is 23.0. The Bertz CT molecular complexity index is 1260. The number of methoxy groups -OCH3 is 1. The number of hydrogen-bond donors (Lipinski definition) is 2. The van der Waals surface area contributed by atoms with Crippen molar-refractivity contribution in [3.05, 3.63) is 57.6 Å². The molecule has 2 aromatic carbocycles. The molecule has 3 aromatic rings. The van der Waals surface area contributed by atoms with Crippen LogP contribution in [0.25, 0.3) is 0 Å². The van der Waals surface area contributed by atoms with E-state index in [-0.39, 0.29) is 26.0 Å². The molecule has 0 bridgehead atoms. The molecule has 0 saturated heterocycles. The van der Waals surface area contributed by atoms with Crippen LogP contribution in [0.1, 0.15) is 33.9 Å². The predicted molar refractivity (Wildman–Crippen MR) is 132 cm³/mol. The zero-order valence-electron chi connectivity index (χ0n) is 19.3. The third-order valence-electron chi connectivity index (χ3n) is 6.71. The summed E-state index contributed by atoms with van der Waals surface area (Å²) in [6.45, 7) is 2.06. The number of hydrogen-bond acceptors (Lipinski definition) is 10. The summed E-state index contributed by atoms with van der Waals surface area (Å²) in [6, 6.07) is 6.44. The average molecular weight is 495 g/mol. The molecule has 6 rings (SSSR count). The van der Waals surface area contributed by atoms with Crippen LogP contribution < -0.4 is 24.4 Å². The van der Waals surface area contributed by atoms with Crippen molar-refractivity contribution < 1.29 is 24.1 Å². The molecule has 9 nitrogen and oxygen atoms in total. The molecule has 0 spiro atoms. The Balaban J connectivity index is 1.41. The van der Waals surface area contributed by atoms with Crippen LogP contribution >= 0.6 is 11.3 Å². The normalized spacial score (nSPS) is 18.2. The zero-order chi connectivity index (χ0) is 23.8. The third kappa shape index (κ3) is 4.07. The first-order valence-electron chi connectivity index (χ1n) is 11.6. The first-order valence-corrected chi connectivity index (χ1v) is 12.4. The molecule has 35 heavy (non-hydrogen) atoms. The van der Waals surface area contributed by atoms with Crippen LogP contribution in [0.2, 0.25) is 0 Å². The summed E-state index contributed by atoms with van der Waals surface area (Å²) in [7, 11) is 1.63. The topological polar surface area (TPSA) is 97.7 Å². The molecule has 1 aromatic heterocycles. The highest BCUT2D eigenvalue weighted by molar-refractivity contribution is 7.13. The fraction of sp³-hybridized carbons (Fsp3) is 0.360. The number of hydrazone groups is 1. The summed E-state index contributed by atoms with van der Waals surface area (Å²) in [5.74, 6) is 2.97. The molecule has 3 aliphatic rings. The zero-order valence-corrected chi connectivity index (χ0v) is 20.1. The Hall–Kier alpha value is -3.34. The van der Waals surface area contributed by atoms with Crippen molar-refractivity contribution in [3.63, 3.8) is 0 Å². The minimum Gasteiger partial charge on any atom is -0.493 e. The number of nitrogens with one attached hydrogen (secondary N) is 1. The van der Waals surface area contributed by atoms with Gasteiger partial charge in [0.25, 0.3) is 0 Å². The maximum Gasteiger partial charge on any atom is 0.231 e. The molecule has 3 aliphatic heterocycles. The number of ether oxygens (including phenoxy) is 4. The number of aromatic nitrogens is 1. The number of rotatable bonds is 7. The van der Waals surface area contributed by atoms with Gasteiger partial charge in [-0.15, -0.1) is 11.3 Å². The van der Waals surface area contributed by atoms with Gasteiger partial charge in [-0.05, 0) is 47.7 Å². The molecule has 2 N–H and O–H groups in total. The van der Waals surface area contributed by atoms with E-state index < -0.39 is 0 Å². The van der Waals surface area contributed by atoms with Crippen molar-refractivity contribution in [2.75, 3.05) is 39.1 Å². The van der Waals surface area contributed by atoms with Crippen LogP contribution in [0.15, 0.2) is 34.9 Å². The van der Waals surface area contributed by atoms with E-state index >= 15 is 0 Å². The van der Waals surface area contributed by atoms with Gasteiger partial charge in [0.2, 0.25) is 11.9 Å². The number of thiazole rings is 1. The van der Waals surface area contributed by atoms with Crippen LogP contribution in [0.3, 0.4) is 0 Å². The Morgan fingerprint density at radius 2 is 2.17 bits per heavy atom. The van der Waals surface area contributed by atoms with Crippen molar-refractivity contribution >= 4 is 22.7 Å². The molecule has 0 fully saturated rings. The molecule has 4 heterocycles. The number of anilines is 1. The maximum atomic E-state index is 9.40. The first-order chi connectivity index (χ1) is 17.2. The summed E-state index contributed by atoms with van der Waals surface area (Å²) in [4.78, 5) is 6.70. The van der Waals surface area contributed by atoms with Gasteiger partial charge >= 0.3 is 0 Å². The van der Waals surface area contributed by atoms with E-state index in [1.165, 1.54) is 22.5 Å². The SMILES string of the molecule is COc1cc(/C=N/Nc2nccs2)c2c(c1OCCO)CN1CCc3cc4c(cc3C1C2)OCO4. The molecule has 0 amide bonds. The minimum absolute atomic E-state index is 0.0637. The standard InChI is InChI=1S/C25H26N4O5S/c1-31-23-9-16(12-27-28-25-26-3-7-35-25)17-10-20-18-11-22-21(33-14-34-22)8-15(18)2-4-29(20)13-19(17)24(23)32-6-5-30/h3,7-9,11-12,20,30H,2,4-6,10,13-14H2,1H3,(H,26,28)/b27-12+. The maximum absolute atomic E-state index is 9.40. The fourth-order valence-electron chi connectivity index (χ4n) is 5.14. The second-order valence-electron chi connectivity index (χ2n) is 8.58. The van der Waals surface area contributed by atoms with Gasteiger partial charge in [-0.25, -0.2) is 4.98 Å². The largest absolute Gasteiger partial charge is 0.493 e. The van der Waals surface area contributed by atoms with Crippen molar-refractivity contribution in [1.29, 1.82) is 0 Å². The number of aliphatic hydroxyl groups is 1. The van der Waals surface area contributed by atoms with E-state index in [0.717, 1.165) is 52.7 Å². The molecular formula is C25H26N4O5S. The van der Waals surface area contributed by atoms with E-state index in [1.54, 1.807) is 13.3 Å². The van der Waals surface area contributed by atoms with Crippen LogP contribution in [0.5, 0.6) is 23.0 Å². The number of aliphatic hydroxyl groups excluding tert-OH is 1. The van der Waals surface area contributed by atoms with Crippen molar-refractivity contribution in [1.82, 2.24) is 9.88 Å². The molecular weight excluding hydrogens is 468 g/mol. The Labute approximate surface area is 206 Å². The van der Waals surface area contributed by atoms with Gasteiger partial charge in [-0.3, -0.25) is 10.3 Å².